The van der Waals surface area contributed by atoms with E-state index in [0.717, 1.165) is 24.2 Å². The summed E-state index contributed by atoms with van der Waals surface area (Å²) in [4.78, 5) is 3.98. The topological polar surface area (TPSA) is 24.9 Å². The minimum Gasteiger partial charge on any atom is -0.384 e. The van der Waals surface area contributed by atoms with Crippen LogP contribution in [0.3, 0.4) is 0 Å². The van der Waals surface area contributed by atoms with Gasteiger partial charge in [0.2, 0.25) is 0 Å². The van der Waals surface area contributed by atoms with Crippen molar-refractivity contribution in [1.82, 2.24) is 4.98 Å². The molecule has 2 rings (SSSR count). The molecule has 0 amide bonds. The van der Waals surface area contributed by atoms with Gasteiger partial charge in [-0.2, -0.15) is 0 Å². The minimum atomic E-state index is -0.229. The van der Waals surface area contributed by atoms with E-state index in [1.54, 1.807) is 18.5 Å². The first-order valence-electron chi connectivity index (χ1n) is 5.75. The quantitative estimate of drug-likeness (QED) is 0.925. The van der Waals surface area contributed by atoms with E-state index in [2.05, 4.69) is 26.2 Å². The van der Waals surface area contributed by atoms with Crippen LogP contribution in [0.25, 0.3) is 0 Å². The normalized spacial score (nSPS) is 10.4. The van der Waals surface area contributed by atoms with Gasteiger partial charge in [-0.1, -0.05) is 0 Å². The van der Waals surface area contributed by atoms with Crippen LogP contribution in [-0.2, 0) is 6.42 Å². The van der Waals surface area contributed by atoms with Crippen molar-refractivity contribution in [2.24, 2.45) is 0 Å². The molecular formula is C14H14BrFN2. The Bertz CT molecular complexity index is 529. The Labute approximate surface area is 114 Å². The Morgan fingerprint density at radius 1 is 1.28 bits per heavy atom. The number of pyridine rings is 1. The van der Waals surface area contributed by atoms with Crippen LogP contribution >= 0.6 is 15.9 Å². The number of nitrogens with zero attached hydrogens (tertiary/aromatic N) is 1. The summed E-state index contributed by atoms with van der Waals surface area (Å²) < 4.78 is 13.8. The molecule has 2 nitrogen and oxygen atoms in total. The van der Waals surface area contributed by atoms with Crippen molar-refractivity contribution in [2.75, 3.05) is 11.9 Å². The van der Waals surface area contributed by atoms with E-state index in [1.807, 2.05) is 19.1 Å². The van der Waals surface area contributed by atoms with Gasteiger partial charge < -0.3 is 5.32 Å². The van der Waals surface area contributed by atoms with Gasteiger partial charge in [0.25, 0.3) is 0 Å². The van der Waals surface area contributed by atoms with Gasteiger partial charge in [0.15, 0.2) is 0 Å². The predicted molar refractivity (Wildman–Crippen MR) is 75.3 cm³/mol. The average Bonchev–Trinajstić information content (AvgIpc) is 2.37. The second-order valence-electron chi connectivity index (χ2n) is 4.11. The van der Waals surface area contributed by atoms with Gasteiger partial charge in [0.1, 0.15) is 5.82 Å². The number of halogens is 2. The smallest absolute Gasteiger partial charge is 0.137 e. The maximum Gasteiger partial charge on any atom is 0.137 e. The van der Waals surface area contributed by atoms with Crippen molar-refractivity contribution in [3.05, 3.63) is 58.1 Å². The van der Waals surface area contributed by atoms with Crippen molar-refractivity contribution in [2.45, 2.75) is 13.3 Å². The summed E-state index contributed by atoms with van der Waals surface area (Å²) in [5.74, 6) is -0.229. The van der Waals surface area contributed by atoms with Crippen LogP contribution in [-0.4, -0.2) is 11.5 Å². The highest BCUT2D eigenvalue weighted by molar-refractivity contribution is 9.10. The molecule has 0 saturated carbocycles. The maximum absolute atomic E-state index is 13.3. The van der Waals surface area contributed by atoms with E-state index in [-0.39, 0.29) is 5.82 Å². The molecular weight excluding hydrogens is 295 g/mol. The van der Waals surface area contributed by atoms with E-state index in [0.29, 0.717) is 4.47 Å². The van der Waals surface area contributed by atoms with Gasteiger partial charge in [-0.05, 0) is 64.7 Å². The second-order valence-corrected chi connectivity index (χ2v) is 4.97. The molecule has 0 aliphatic heterocycles. The molecule has 0 atom stereocenters. The zero-order chi connectivity index (χ0) is 13.0. The Morgan fingerprint density at radius 3 is 2.72 bits per heavy atom. The molecule has 0 bridgehead atoms. The molecule has 4 heteroatoms. The molecule has 94 valence electrons. The van der Waals surface area contributed by atoms with Crippen LogP contribution in [0, 0.1) is 12.7 Å². The van der Waals surface area contributed by atoms with Crippen molar-refractivity contribution in [3.63, 3.8) is 0 Å². The molecule has 0 radical (unpaired) electrons. The van der Waals surface area contributed by atoms with Crippen LogP contribution in [0.2, 0.25) is 0 Å². The van der Waals surface area contributed by atoms with Crippen LogP contribution in [0.1, 0.15) is 11.1 Å². The fraction of sp³-hybridized carbons (Fsp3) is 0.214. The third-order valence-electron chi connectivity index (χ3n) is 2.75. The first-order chi connectivity index (χ1) is 8.66. The van der Waals surface area contributed by atoms with Crippen molar-refractivity contribution < 1.29 is 4.39 Å². The fourth-order valence-corrected chi connectivity index (χ4v) is 2.07. The Morgan fingerprint density at radius 2 is 2.00 bits per heavy atom. The molecule has 0 spiro atoms. The van der Waals surface area contributed by atoms with Crippen molar-refractivity contribution >= 4 is 21.6 Å². The monoisotopic (exact) mass is 308 g/mol. The van der Waals surface area contributed by atoms with Gasteiger partial charge in [0, 0.05) is 24.6 Å². The molecule has 0 aliphatic rings. The van der Waals surface area contributed by atoms with E-state index >= 15 is 0 Å². The van der Waals surface area contributed by atoms with E-state index in [1.165, 1.54) is 11.6 Å². The SMILES string of the molecule is Cc1cc(F)c(Br)cc1NCCc1ccncc1. The lowest BCUT2D eigenvalue weighted by atomic mass is 10.1. The summed E-state index contributed by atoms with van der Waals surface area (Å²) >= 11 is 3.19. The lowest BCUT2D eigenvalue weighted by molar-refractivity contribution is 0.620. The van der Waals surface area contributed by atoms with Crippen LogP contribution in [0.5, 0.6) is 0 Å². The molecule has 1 aromatic heterocycles. The number of rotatable bonds is 4. The van der Waals surface area contributed by atoms with Gasteiger partial charge in [-0.3, -0.25) is 4.98 Å². The number of nitrogens with one attached hydrogen (secondary N) is 1. The van der Waals surface area contributed by atoms with Gasteiger partial charge >= 0.3 is 0 Å². The van der Waals surface area contributed by atoms with Crippen LogP contribution < -0.4 is 5.32 Å². The van der Waals surface area contributed by atoms with E-state index < -0.39 is 0 Å². The highest BCUT2D eigenvalue weighted by atomic mass is 79.9. The summed E-state index contributed by atoms with van der Waals surface area (Å²) in [6.45, 7) is 2.70. The van der Waals surface area contributed by atoms with E-state index in [9.17, 15) is 4.39 Å². The first-order valence-corrected chi connectivity index (χ1v) is 6.54. The Hall–Kier alpha value is -1.42. The highest BCUT2D eigenvalue weighted by Gasteiger charge is 2.04. The Balaban J connectivity index is 1.97. The molecule has 1 N–H and O–H groups in total. The number of hydrogen-bond donors (Lipinski definition) is 1. The van der Waals surface area contributed by atoms with Crippen molar-refractivity contribution in [1.29, 1.82) is 0 Å². The molecule has 0 saturated heterocycles. The molecule has 0 unspecified atom stereocenters. The van der Waals surface area contributed by atoms with Crippen LogP contribution in [0.4, 0.5) is 10.1 Å². The summed E-state index contributed by atoms with van der Waals surface area (Å²) in [6, 6.07) is 7.29. The summed E-state index contributed by atoms with van der Waals surface area (Å²) in [6.07, 6.45) is 4.49. The van der Waals surface area contributed by atoms with E-state index in [4.69, 9.17) is 0 Å². The average molecular weight is 309 g/mol. The van der Waals surface area contributed by atoms with Gasteiger partial charge in [-0.15, -0.1) is 0 Å². The maximum atomic E-state index is 13.3. The molecule has 1 aromatic carbocycles. The van der Waals surface area contributed by atoms with Crippen molar-refractivity contribution in [3.8, 4) is 0 Å². The lowest BCUT2D eigenvalue weighted by Crippen LogP contribution is -2.06. The van der Waals surface area contributed by atoms with Gasteiger partial charge in [0.05, 0.1) is 4.47 Å². The first kappa shape index (κ1) is 13.0. The summed E-state index contributed by atoms with van der Waals surface area (Å²) in [7, 11) is 0. The third kappa shape index (κ3) is 3.29. The highest BCUT2D eigenvalue weighted by Crippen LogP contribution is 2.24. The molecule has 0 aliphatic carbocycles. The molecule has 2 aromatic rings. The number of anilines is 1. The zero-order valence-corrected chi connectivity index (χ0v) is 11.7. The number of hydrogen-bond acceptors (Lipinski definition) is 2. The summed E-state index contributed by atoms with van der Waals surface area (Å²) in [5, 5.41) is 3.31. The number of aromatic nitrogens is 1. The van der Waals surface area contributed by atoms with Gasteiger partial charge in [-0.25, -0.2) is 4.39 Å². The fourth-order valence-electron chi connectivity index (χ4n) is 1.73. The predicted octanol–water partition coefficient (Wildman–Crippen LogP) is 3.95. The number of benzene rings is 1. The zero-order valence-electron chi connectivity index (χ0n) is 10.1. The summed E-state index contributed by atoms with van der Waals surface area (Å²) in [5.41, 5.74) is 3.10. The third-order valence-corrected chi connectivity index (χ3v) is 3.35. The second kappa shape index (κ2) is 5.96. The standard InChI is InChI=1S/C14H14BrFN2/c1-10-8-13(16)12(15)9-14(10)18-7-4-11-2-5-17-6-3-11/h2-3,5-6,8-9,18H,4,7H2,1H3. The number of aryl methyl sites for hydroxylation is 1. The van der Waals surface area contributed by atoms with Crippen LogP contribution in [0.15, 0.2) is 41.1 Å². The molecule has 0 fully saturated rings. The minimum absolute atomic E-state index is 0.229. The largest absolute Gasteiger partial charge is 0.384 e. The Kier molecular flexibility index (Phi) is 4.31. The molecule has 18 heavy (non-hydrogen) atoms. The lowest BCUT2D eigenvalue weighted by Gasteiger charge is -2.10. The molecule has 1 heterocycles.